The Bertz CT molecular complexity index is 1230. The van der Waals surface area contributed by atoms with Gasteiger partial charge in [-0.05, 0) is 55.0 Å². The Kier molecular flexibility index (Phi) is 5.30. The van der Waals surface area contributed by atoms with Crippen molar-refractivity contribution in [2.24, 2.45) is 0 Å². The number of anilines is 2. The van der Waals surface area contributed by atoms with E-state index in [1.165, 1.54) is 18.2 Å². The Morgan fingerprint density at radius 1 is 0.844 bits per heavy atom. The smallest absolute Gasteiger partial charge is 0.350 e. The predicted octanol–water partition coefficient (Wildman–Crippen LogP) is 5.55. The summed E-state index contributed by atoms with van der Waals surface area (Å²) in [6.07, 6.45) is -4.64. The Labute approximate surface area is 180 Å². The van der Waals surface area contributed by atoms with Crippen molar-refractivity contribution in [2.75, 3.05) is 10.2 Å². The summed E-state index contributed by atoms with van der Waals surface area (Å²) in [7, 11) is 0. The summed E-state index contributed by atoms with van der Waals surface area (Å²) in [5.41, 5.74) is 0.374. The normalized spacial score (nSPS) is 14.3. The van der Waals surface area contributed by atoms with Gasteiger partial charge in [-0.15, -0.1) is 0 Å². The number of carbonyl (C=O) groups is 2. The van der Waals surface area contributed by atoms with Crippen molar-refractivity contribution in [1.82, 2.24) is 0 Å². The number of hydrogen-bond donors (Lipinski definition) is 1. The van der Waals surface area contributed by atoms with Crippen LogP contribution in [0.15, 0.2) is 78.5 Å². The highest BCUT2D eigenvalue weighted by molar-refractivity contribution is 6.46. The SMILES string of the molecule is Cc1ccc(NC2=C(c3ccc(F)cc3)C(=O)N(c3cccc(C(F)(F)F)c3)C2=O)cc1. The second-order valence-electron chi connectivity index (χ2n) is 7.24. The van der Waals surface area contributed by atoms with Gasteiger partial charge in [0, 0.05) is 5.69 Å². The summed E-state index contributed by atoms with van der Waals surface area (Å²) in [6.45, 7) is 1.88. The molecule has 0 unspecified atom stereocenters. The van der Waals surface area contributed by atoms with Crippen molar-refractivity contribution in [3.05, 3.63) is 101 Å². The molecular weight excluding hydrogens is 424 g/mol. The average Bonchev–Trinajstić information content (AvgIpc) is 2.99. The van der Waals surface area contributed by atoms with Crippen LogP contribution in [-0.4, -0.2) is 11.8 Å². The van der Waals surface area contributed by atoms with Gasteiger partial charge in [-0.1, -0.05) is 35.9 Å². The molecule has 8 heteroatoms. The quantitative estimate of drug-likeness (QED) is 0.428. The highest BCUT2D eigenvalue weighted by Crippen LogP contribution is 2.36. The largest absolute Gasteiger partial charge is 0.416 e. The molecule has 0 spiro atoms. The lowest BCUT2D eigenvalue weighted by Crippen LogP contribution is -2.32. The van der Waals surface area contributed by atoms with Crippen LogP contribution in [0.4, 0.5) is 28.9 Å². The van der Waals surface area contributed by atoms with Gasteiger partial charge >= 0.3 is 6.18 Å². The molecular formula is C24H16F4N2O2. The fourth-order valence-corrected chi connectivity index (χ4v) is 3.37. The van der Waals surface area contributed by atoms with Crippen LogP contribution in [0.3, 0.4) is 0 Å². The van der Waals surface area contributed by atoms with Gasteiger partial charge in [0.1, 0.15) is 11.5 Å². The van der Waals surface area contributed by atoms with E-state index in [1.54, 1.807) is 24.3 Å². The van der Waals surface area contributed by atoms with Crippen LogP contribution in [0.2, 0.25) is 0 Å². The summed E-state index contributed by atoms with van der Waals surface area (Å²) in [4.78, 5) is 27.2. The lowest BCUT2D eigenvalue weighted by Gasteiger charge is -2.17. The second kappa shape index (κ2) is 7.96. The van der Waals surface area contributed by atoms with E-state index in [2.05, 4.69) is 5.32 Å². The van der Waals surface area contributed by atoms with Crippen LogP contribution in [-0.2, 0) is 15.8 Å². The van der Waals surface area contributed by atoms with Crippen LogP contribution in [0.5, 0.6) is 0 Å². The predicted molar refractivity (Wildman–Crippen MR) is 112 cm³/mol. The van der Waals surface area contributed by atoms with Crippen molar-refractivity contribution >= 4 is 28.8 Å². The van der Waals surface area contributed by atoms with Gasteiger partial charge in [0.2, 0.25) is 0 Å². The van der Waals surface area contributed by atoms with Gasteiger partial charge in [-0.3, -0.25) is 9.59 Å². The molecule has 3 aromatic rings. The maximum absolute atomic E-state index is 13.4. The molecule has 0 aromatic heterocycles. The molecule has 4 nitrogen and oxygen atoms in total. The average molecular weight is 440 g/mol. The Morgan fingerprint density at radius 2 is 1.50 bits per heavy atom. The molecule has 0 aliphatic carbocycles. The lowest BCUT2D eigenvalue weighted by atomic mass is 10.0. The number of carbonyl (C=O) groups excluding carboxylic acids is 2. The highest BCUT2D eigenvalue weighted by Gasteiger charge is 2.41. The minimum atomic E-state index is -4.64. The minimum Gasteiger partial charge on any atom is -0.350 e. The van der Waals surface area contributed by atoms with E-state index >= 15 is 0 Å². The van der Waals surface area contributed by atoms with E-state index in [-0.39, 0.29) is 22.5 Å². The number of imide groups is 1. The zero-order valence-corrected chi connectivity index (χ0v) is 16.7. The molecule has 0 fully saturated rings. The molecule has 32 heavy (non-hydrogen) atoms. The number of nitrogens with zero attached hydrogens (tertiary/aromatic N) is 1. The number of hydrogen-bond acceptors (Lipinski definition) is 3. The van der Waals surface area contributed by atoms with Crippen LogP contribution >= 0.6 is 0 Å². The minimum absolute atomic E-state index is 0.0620. The first-order chi connectivity index (χ1) is 15.1. The molecule has 1 heterocycles. The molecule has 0 saturated heterocycles. The van der Waals surface area contributed by atoms with Gasteiger partial charge < -0.3 is 5.32 Å². The summed E-state index contributed by atoms with van der Waals surface area (Å²) in [5.74, 6) is -2.15. The third-order valence-corrected chi connectivity index (χ3v) is 4.97. The van der Waals surface area contributed by atoms with Crippen molar-refractivity contribution in [2.45, 2.75) is 13.1 Å². The number of nitrogens with one attached hydrogen (secondary N) is 1. The van der Waals surface area contributed by atoms with Crippen molar-refractivity contribution in [3.63, 3.8) is 0 Å². The fraction of sp³-hybridized carbons (Fsp3) is 0.0833. The third-order valence-electron chi connectivity index (χ3n) is 4.97. The number of halogens is 4. The molecule has 0 saturated carbocycles. The summed E-state index contributed by atoms with van der Waals surface area (Å²) < 4.78 is 53.0. The molecule has 2 amide bonds. The van der Waals surface area contributed by atoms with Gasteiger partial charge in [0.25, 0.3) is 11.8 Å². The highest BCUT2D eigenvalue weighted by atomic mass is 19.4. The van der Waals surface area contributed by atoms with E-state index in [0.717, 1.165) is 35.9 Å². The first-order valence-corrected chi connectivity index (χ1v) is 9.55. The van der Waals surface area contributed by atoms with Gasteiger partial charge in [0.05, 0.1) is 16.8 Å². The van der Waals surface area contributed by atoms with Gasteiger partial charge in [-0.2, -0.15) is 13.2 Å². The summed E-state index contributed by atoms with van der Waals surface area (Å²) in [5, 5.41) is 2.91. The first kappa shape index (κ1) is 21.3. The second-order valence-corrected chi connectivity index (χ2v) is 7.24. The Morgan fingerprint density at radius 3 is 2.12 bits per heavy atom. The van der Waals surface area contributed by atoms with Crippen LogP contribution < -0.4 is 10.2 Å². The first-order valence-electron chi connectivity index (χ1n) is 9.55. The number of benzene rings is 3. The molecule has 4 rings (SSSR count). The molecule has 0 bridgehead atoms. The number of amides is 2. The van der Waals surface area contributed by atoms with Crippen LogP contribution in [0.25, 0.3) is 5.57 Å². The van der Waals surface area contributed by atoms with E-state index in [1.807, 2.05) is 6.92 Å². The maximum Gasteiger partial charge on any atom is 0.416 e. The number of alkyl halides is 3. The van der Waals surface area contributed by atoms with E-state index in [9.17, 15) is 27.2 Å². The van der Waals surface area contributed by atoms with E-state index in [4.69, 9.17) is 0 Å². The van der Waals surface area contributed by atoms with Crippen LogP contribution in [0.1, 0.15) is 16.7 Å². The van der Waals surface area contributed by atoms with Crippen LogP contribution in [0, 0.1) is 12.7 Å². The Balaban J connectivity index is 1.81. The Hall–Kier alpha value is -3.94. The maximum atomic E-state index is 13.4. The lowest BCUT2D eigenvalue weighted by molar-refractivity contribution is -0.137. The van der Waals surface area contributed by atoms with E-state index < -0.39 is 29.4 Å². The van der Waals surface area contributed by atoms with E-state index in [0.29, 0.717) is 10.6 Å². The van der Waals surface area contributed by atoms with Crippen molar-refractivity contribution in [1.29, 1.82) is 0 Å². The molecule has 162 valence electrons. The molecule has 0 atom stereocenters. The molecule has 1 aliphatic heterocycles. The molecule has 1 aliphatic rings. The number of aryl methyl sites for hydroxylation is 1. The standard InChI is InChI=1S/C24H16F4N2O2/c1-14-5-11-18(12-6-14)29-21-20(15-7-9-17(25)10-8-15)22(31)30(23(21)32)19-4-2-3-16(13-19)24(26,27)28/h2-13,29H,1H3. The van der Waals surface area contributed by atoms with Crippen molar-refractivity contribution < 1.29 is 27.2 Å². The topological polar surface area (TPSA) is 49.4 Å². The zero-order chi connectivity index (χ0) is 23.0. The molecule has 1 N–H and O–H groups in total. The molecule has 3 aromatic carbocycles. The summed E-state index contributed by atoms with van der Waals surface area (Å²) >= 11 is 0. The van der Waals surface area contributed by atoms with Gasteiger partial charge in [0.15, 0.2) is 0 Å². The number of rotatable bonds is 4. The summed E-state index contributed by atoms with van der Waals surface area (Å²) in [6, 6.07) is 15.9. The van der Waals surface area contributed by atoms with Gasteiger partial charge in [-0.25, -0.2) is 9.29 Å². The zero-order valence-electron chi connectivity index (χ0n) is 16.7. The molecule has 0 radical (unpaired) electrons. The fourth-order valence-electron chi connectivity index (χ4n) is 3.37. The third kappa shape index (κ3) is 3.99. The van der Waals surface area contributed by atoms with Crippen molar-refractivity contribution in [3.8, 4) is 0 Å². The monoisotopic (exact) mass is 440 g/mol.